The second-order valence-electron chi connectivity index (χ2n) is 5.48. The van der Waals surface area contributed by atoms with Crippen LogP contribution in [0.1, 0.15) is 45.4 Å². The van der Waals surface area contributed by atoms with E-state index in [9.17, 15) is 0 Å². The third kappa shape index (κ3) is 4.09. The first-order valence-electron chi connectivity index (χ1n) is 7.91. The molecule has 1 aromatic rings. The Labute approximate surface area is 149 Å². The van der Waals surface area contributed by atoms with Gasteiger partial charge in [0.15, 0.2) is 5.11 Å². The van der Waals surface area contributed by atoms with Gasteiger partial charge in [0.25, 0.3) is 0 Å². The van der Waals surface area contributed by atoms with Gasteiger partial charge in [-0.2, -0.15) is 0 Å². The van der Waals surface area contributed by atoms with Crippen molar-refractivity contribution in [1.29, 1.82) is 0 Å². The first kappa shape index (κ1) is 17.4. The van der Waals surface area contributed by atoms with Gasteiger partial charge in [-0.25, -0.2) is 0 Å². The Hall–Kier alpha value is -0.910. The molecule has 1 aliphatic heterocycles. The van der Waals surface area contributed by atoms with Gasteiger partial charge >= 0.3 is 0 Å². The average molecular weight is 351 g/mol. The molecule has 1 saturated heterocycles. The maximum Gasteiger partial charge on any atom is 0.186 e. The number of unbranched alkanes of at least 4 members (excludes halogenated alkanes) is 5. The summed E-state index contributed by atoms with van der Waals surface area (Å²) >= 11 is 16.6. The van der Waals surface area contributed by atoms with Gasteiger partial charge in [0.05, 0.1) is 0 Å². The van der Waals surface area contributed by atoms with E-state index in [0.29, 0.717) is 9.98 Å². The molecule has 0 atom stereocenters. The Morgan fingerprint density at radius 3 is 2.14 bits per heavy atom. The molecule has 0 unspecified atom stereocenters. The molecule has 0 aromatic heterocycles. The average Bonchev–Trinajstić information content (AvgIpc) is 2.74. The number of hydrogen-bond donors (Lipinski definition) is 0. The second kappa shape index (κ2) is 8.65. The highest BCUT2D eigenvalue weighted by atomic mass is 32.1. The minimum absolute atomic E-state index is 0.650. The van der Waals surface area contributed by atoms with Crippen molar-refractivity contribution < 1.29 is 0 Å². The molecule has 2 nitrogen and oxygen atoms in total. The lowest BCUT2D eigenvalue weighted by atomic mass is 10.1. The summed E-state index contributed by atoms with van der Waals surface area (Å²) in [7, 11) is 0. The number of hydrogen-bond acceptors (Lipinski definition) is 3. The highest BCUT2D eigenvalue weighted by Gasteiger charge is 2.35. The predicted molar refractivity (Wildman–Crippen MR) is 107 cm³/mol. The van der Waals surface area contributed by atoms with Crippen LogP contribution in [0.5, 0.6) is 0 Å². The number of anilines is 1. The molecule has 1 fully saturated rings. The monoisotopic (exact) mass is 350 g/mol. The molecule has 0 radical (unpaired) electrons. The number of thiocarbonyl (C=S) groups is 3. The van der Waals surface area contributed by atoms with Gasteiger partial charge in [0.1, 0.15) is 9.98 Å². The van der Waals surface area contributed by atoms with E-state index in [1.807, 2.05) is 40.1 Å². The van der Waals surface area contributed by atoms with Gasteiger partial charge in [-0.1, -0.05) is 81.7 Å². The van der Waals surface area contributed by atoms with Crippen LogP contribution in [0.25, 0.3) is 0 Å². The zero-order chi connectivity index (χ0) is 15.9. The van der Waals surface area contributed by atoms with Crippen molar-refractivity contribution in [2.75, 3.05) is 11.4 Å². The molecule has 118 valence electrons. The van der Waals surface area contributed by atoms with Crippen molar-refractivity contribution in [3.63, 3.8) is 0 Å². The minimum atomic E-state index is 0.650. The fourth-order valence-electron chi connectivity index (χ4n) is 2.56. The van der Waals surface area contributed by atoms with Crippen LogP contribution in [0.2, 0.25) is 0 Å². The normalized spacial score (nSPS) is 15.0. The topological polar surface area (TPSA) is 6.48 Å². The maximum atomic E-state index is 5.59. The fraction of sp³-hybridized carbons (Fsp3) is 0.471. The van der Waals surface area contributed by atoms with Crippen LogP contribution >= 0.6 is 36.7 Å². The van der Waals surface area contributed by atoms with E-state index in [4.69, 9.17) is 36.7 Å². The first-order chi connectivity index (χ1) is 10.7. The smallest absolute Gasteiger partial charge is 0.186 e. The molecule has 0 spiro atoms. The maximum absolute atomic E-state index is 5.59. The van der Waals surface area contributed by atoms with E-state index >= 15 is 0 Å². The lowest BCUT2D eigenvalue weighted by Crippen LogP contribution is -2.33. The zero-order valence-corrected chi connectivity index (χ0v) is 15.4. The van der Waals surface area contributed by atoms with Gasteiger partial charge in [-0.05, 0) is 30.8 Å². The van der Waals surface area contributed by atoms with E-state index in [2.05, 4.69) is 6.92 Å². The van der Waals surface area contributed by atoms with Crippen LogP contribution in [0.4, 0.5) is 5.69 Å². The van der Waals surface area contributed by atoms with Crippen LogP contribution in [-0.4, -0.2) is 26.5 Å². The number of rotatable bonds is 8. The van der Waals surface area contributed by atoms with Crippen molar-refractivity contribution in [1.82, 2.24) is 4.90 Å². The summed E-state index contributed by atoms with van der Waals surface area (Å²) in [5.74, 6) is 0. The Kier molecular flexibility index (Phi) is 6.86. The molecule has 0 bridgehead atoms. The third-order valence-corrected chi connectivity index (χ3v) is 5.12. The van der Waals surface area contributed by atoms with Crippen molar-refractivity contribution in [2.24, 2.45) is 0 Å². The van der Waals surface area contributed by atoms with Crippen LogP contribution < -0.4 is 4.90 Å². The van der Waals surface area contributed by atoms with Gasteiger partial charge in [-0.15, -0.1) is 0 Å². The lowest BCUT2D eigenvalue weighted by molar-refractivity contribution is 0.542. The van der Waals surface area contributed by atoms with Crippen LogP contribution in [0.15, 0.2) is 30.3 Å². The summed E-state index contributed by atoms with van der Waals surface area (Å²) in [6.45, 7) is 3.10. The molecule has 2 rings (SSSR count). The molecule has 22 heavy (non-hydrogen) atoms. The summed E-state index contributed by atoms with van der Waals surface area (Å²) in [4.78, 5) is 5.26. The van der Waals surface area contributed by atoms with E-state index in [1.165, 1.54) is 32.1 Å². The van der Waals surface area contributed by atoms with Crippen molar-refractivity contribution in [3.05, 3.63) is 30.3 Å². The highest BCUT2D eigenvalue weighted by molar-refractivity contribution is 7.90. The van der Waals surface area contributed by atoms with Crippen molar-refractivity contribution >= 4 is 57.4 Å². The van der Waals surface area contributed by atoms with Gasteiger partial charge in [-0.3, -0.25) is 4.90 Å². The molecule has 0 amide bonds. The van der Waals surface area contributed by atoms with Crippen molar-refractivity contribution in [3.8, 4) is 0 Å². The summed E-state index contributed by atoms with van der Waals surface area (Å²) in [5, 5.41) is 0.717. The van der Waals surface area contributed by atoms with Crippen molar-refractivity contribution in [2.45, 2.75) is 45.4 Å². The fourth-order valence-corrected chi connectivity index (χ4v) is 3.62. The Balaban J connectivity index is 1.92. The van der Waals surface area contributed by atoms with Gasteiger partial charge in [0.2, 0.25) is 0 Å². The third-order valence-electron chi connectivity index (χ3n) is 3.80. The van der Waals surface area contributed by atoms with E-state index in [0.717, 1.165) is 23.8 Å². The molecule has 5 heteroatoms. The molecule has 1 aromatic carbocycles. The summed E-state index contributed by atoms with van der Waals surface area (Å²) in [5.41, 5.74) is 0.991. The molecule has 0 aliphatic carbocycles. The summed E-state index contributed by atoms with van der Waals surface area (Å²) in [6.07, 6.45) is 7.54. The van der Waals surface area contributed by atoms with Crippen LogP contribution in [0.3, 0.4) is 0 Å². The molecule has 0 saturated carbocycles. The van der Waals surface area contributed by atoms with Crippen LogP contribution in [0, 0.1) is 0 Å². The predicted octanol–water partition coefficient (Wildman–Crippen LogP) is 5.11. The molecular weight excluding hydrogens is 328 g/mol. The van der Waals surface area contributed by atoms with E-state index in [-0.39, 0.29) is 0 Å². The van der Waals surface area contributed by atoms with Gasteiger partial charge < -0.3 is 4.90 Å². The largest absolute Gasteiger partial charge is 0.307 e. The molecular formula is C17H22N2S3. The Morgan fingerprint density at radius 2 is 1.45 bits per heavy atom. The lowest BCUT2D eigenvalue weighted by Gasteiger charge is -2.20. The van der Waals surface area contributed by atoms with Crippen LogP contribution in [-0.2, 0) is 0 Å². The quantitative estimate of drug-likeness (QED) is 0.473. The zero-order valence-electron chi connectivity index (χ0n) is 13.0. The van der Waals surface area contributed by atoms with E-state index in [1.54, 1.807) is 0 Å². The second-order valence-corrected chi connectivity index (χ2v) is 6.62. The summed E-state index contributed by atoms with van der Waals surface area (Å²) < 4.78 is 0. The number of nitrogens with zero attached hydrogens (tertiary/aromatic N) is 2. The Bertz CT molecular complexity index is 542. The molecule has 1 aliphatic rings. The standard InChI is InChI=1S/C17H22N2S3/c1-2-3-4-5-6-10-13-18-15(20)16(21)19(17(18)22)14-11-8-7-9-12-14/h7-9,11-12H,2-6,10,13H2,1H3. The SMILES string of the molecule is CCCCCCCCN1C(=S)C(=S)N(c2ccccc2)C1=S. The molecule has 0 N–H and O–H groups in total. The van der Waals surface area contributed by atoms with Gasteiger partial charge in [0, 0.05) is 12.2 Å². The number of benzene rings is 1. The summed E-state index contributed by atoms with van der Waals surface area (Å²) in [6, 6.07) is 9.98. The molecule has 1 heterocycles. The number of para-hydroxylation sites is 1. The highest BCUT2D eigenvalue weighted by Crippen LogP contribution is 2.24. The minimum Gasteiger partial charge on any atom is -0.307 e. The van der Waals surface area contributed by atoms with E-state index < -0.39 is 0 Å². The Morgan fingerprint density at radius 1 is 0.818 bits per heavy atom. The first-order valence-corrected chi connectivity index (χ1v) is 9.14.